The van der Waals surface area contributed by atoms with Gasteiger partial charge in [0.1, 0.15) is 5.75 Å². The molecule has 130 valence electrons. The van der Waals surface area contributed by atoms with E-state index < -0.39 is 17.7 Å². The number of hydrogen-bond donors (Lipinski definition) is 1. The molecule has 0 unspecified atom stereocenters. The molecule has 0 aliphatic rings. The standard InChI is InChI=1S/C19H18FNO4/c1-4-12-6-7-15(25-19(23)24-5-2)14(9-12)16-13(10-21)8-11(3)18(22)17(16)20/h6-9,22H,4-5H2,1-3H3. The molecule has 5 nitrogen and oxygen atoms in total. The first kappa shape index (κ1) is 18.3. The van der Waals surface area contributed by atoms with Crippen LogP contribution in [0.25, 0.3) is 11.1 Å². The lowest BCUT2D eigenvalue weighted by Crippen LogP contribution is -2.11. The fourth-order valence-corrected chi connectivity index (χ4v) is 2.44. The Morgan fingerprint density at radius 1 is 1.32 bits per heavy atom. The summed E-state index contributed by atoms with van der Waals surface area (Å²) in [6.07, 6.45) is -0.267. The second-order valence-corrected chi connectivity index (χ2v) is 5.36. The van der Waals surface area contributed by atoms with Crippen LogP contribution in [-0.4, -0.2) is 17.9 Å². The summed E-state index contributed by atoms with van der Waals surface area (Å²) in [4.78, 5) is 11.7. The highest BCUT2D eigenvalue weighted by molar-refractivity contribution is 5.81. The van der Waals surface area contributed by atoms with E-state index >= 15 is 0 Å². The number of aryl methyl sites for hydroxylation is 2. The molecule has 0 aliphatic heterocycles. The maximum atomic E-state index is 14.7. The molecule has 2 aromatic carbocycles. The number of halogens is 1. The summed E-state index contributed by atoms with van der Waals surface area (Å²) in [6, 6.07) is 8.19. The summed E-state index contributed by atoms with van der Waals surface area (Å²) >= 11 is 0. The Kier molecular flexibility index (Phi) is 5.60. The van der Waals surface area contributed by atoms with Gasteiger partial charge in [0.05, 0.1) is 18.2 Å². The molecular formula is C19H18FNO4. The number of hydrogen-bond acceptors (Lipinski definition) is 5. The van der Waals surface area contributed by atoms with Gasteiger partial charge in [-0.25, -0.2) is 9.18 Å². The third-order valence-electron chi connectivity index (χ3n) is 3.73. The number of carbonyl (C=O) groups is 1. The summed E-state index contributed by atoms with van der Waals surface area (Å²) in [7, 11) is 0. The van der Waals surface area contributed by atoms with Crippen molar-refractivity contribution in [1.29, 1.82) is 5.26 Å². The topological polar surface area (TPSA) is 79.5 Å². The first-order chi connectivity index (χ1) is 11.9. The minimum absolute atomic E-state index is 0.0368. The third kappa shape index (κ3) is 3.72. The minimum Gasteiger partial charge on any atom is -0.505 e. The van der Waals surface area contributed by atoms with Gasteiger partial charge < -0.3 is 14.6 Å². The Labute approximate surface area is 145 Å². The Hall–Kier alpha value is -3.07. The fraction of sp³-hybridized carbons (Fsp3) is 0.263. The lowest BCUT2D eigenvalue weighted by molar-refractivity contribution is 0.104. The Balaban J connectivity index is 2.71. The number of rotatable bonds is 4. The molecule has 0 atom stereocenters. The van der Waals surface area contributed by atoms with Crippen LogP contribution in [0.5, 0.6) is 11.5 Å². The van der Waals surface area contributed by atoms with Crippen molar-refractivity contribution in [3.05, 3.63) is 46.8 Å². The molecule has 25 heavy (non-hydrogen) atoms. The molecule has 0 spiro atoms. The normalized spacial score (nSPS) is 10.2. The van der Waals surface area contributed by atoms with Crippen molar-refractivity contribution in [3.8, 4) is 28.7 Å². The highest BCUT2D eigenvalue weighted by Gasteiger charge is 2.22. The molecule has 2 aromatic rings. The van der Waals surface area contributed by atoms with Gasteiger partial charge in [-0.2, -0.15) is 5.26 Å². The van der Waals surface area contributed by atoms with Gasteiger partial charge in [0.15, 0.2) is 11.6 Å². The van der Waals surface area contributed by atoms with E-state index in [2.05, 4.69) is 0 Å². The van der Waals surface area contributed by atoms with Crippen molar-refractivity contribution in [3.63, 3.8) is 0 Å². The second-order valence-electron chi connectivity index (χ2n) is 5.36. The average molecular weight is 343 g/mol. The number of carbonyl (C=O) groups excluding carboxylic acids is 1. The number of nitriles is 1. The van der Waals surface area contributed by atoms with E-state index in [0.29, 0.717) is 6.42 Å². The molecule has 0 bridgehead atoms. The van der Waals surface area contributed by atoms with Gasteiger partial charge in [0.2, 0.25) is 0 Å². The quantitative estimate of drug-likeness (QED) is 0.654. The molecule has 1 N–H and O–H groups in total. The van der Waals surface area contributed by atoms with Crippen molar-refractivity contribution < 1.29 is 23.8 Å². The largest absolute Gasteiger partial charge is 0.513 e. The molecule has 6 heteroatoms. The second kappa shape index (κ2) is 7.67. The predicted molar refractivity (Wildman–Crippen MR) is 90.0 cm³/mol. The monoisotopic (exact) mass is 343 g/mol. The van der Waals surface area contributed by atoms with E-state index in [0.717, 1.165) is 5.56 Å². The zero-order valence-corrected chi connectivity index (χ0v) is 14.2. The van der Waals surface area contributed by atoms with Crippen LogP contribution in [-0.2, 0) is 11.2 Å². The summed E-state index contributed by atoms with van der Waals surface area (Å²) in [5.74, 6) is -1.43. The van der Waals surface area contributed by atoms with Crippen LogP contribution in [0.2, 0.25) is 0 Å². The predicted octanol–water partition coefficient (Wildman–Crippen LogP) is 4.48. The Morgan fingerprint density at radius 3 is 2.64 bits per heavy atom. The Bertz CT molecular complexity index is 855. The van der Waals surface area contributed by atoms with Crippen molar-refractivity contribution in [1.82, 2.24) is 0 Å². The van der Waals surface area contributed by atoms with E-state index in [1.807, 2.05) is 13.0 Å². The van der Waals surface area contributed by atoms with E-state index in [-0.39, 0.29) is 34.6 Å². The molecule has 0 heterocycles. The molecule has 0 radical (unpaired) electrons. The van der Waals surface area contributed by atoms with Gasteiger partial charge in [-0.1, -0.05) is 13.0 Å². The van der Waals surface area contributed by atoms with Crippen LogP contribution < -0.4 is 4.74 Å². The van der Waals surface area contributed by atoms with Crippen molar-refractivity contribution in [2.45, 2.75) is 27.2 Å². The van der Waals surface area contributed by atoms with E-state index in [4.69, 9.17) is 9.47 Å². The number of aromatic hydroxyl groups is 1. The van der Waals surface area contributed by atoms with Gasteiger partial charge in [0, 0.05) is 11.1 Å². The molecule has 0 saturated heterocycles. The van der Waals surface area contributed by atoms with E-state index in [1.165, 1.54) is 19.1 Å². The number of phenolic OH excluding ortho intramolecular Hbond substituents is 1. The number of benzene rings is 2. The van der Waals surface area contributed by atoms with Crippen molar-refractivity contribution in [2.24, 2.45) is 0 Å². The van der Waals surface area contributed by atoms with Crippen LogP contribution in [0.3, 0.4) is 0 Å². The molecule has 0 aliphatic carbocycles. The lowest BCUT2D eigenvalue weighted by atomic mass is 9.94. The fourth-order valence-electron chi connectivity index (χ4n) is 2.44. The average Bonchev–Trinajstić information content (AvgIpc) is 2.60. The van der Waals surface area contributed by atoms with Crippen LogP contribution in [0.15, 0.2) is 24.3 Å². The first-order valence-corrected chi connectivity index (χ1v) is 7.82. The highest BCUT2D eigenvalue weighted by atomic mass is 19.1. The van der Waals surface area contributed by atoms with E-state index in [9.17, 15) is 19.6 Å². The number of nitrogens with zero attached hydrogens (tertiary/aromatic N) is 1. The van der Waals surface area contributed by atoms with Gasteiger partial charge >= 0.3 is 6.16 Å². The Morgan fingerprint density at radius 2 is 2.04 bits per heavy atom. The van der Waals surface area contributed by atoms with Crippen LogP contribution in [0.4, 0.5) is 9.18 Å². The SMILES string of the molecule is CCOC(=O)Oc1ccc(CC)cc1-c1c(C#N)cc(C)c(O)c1F. The zero-order valence-electron chi connectivity index (χ0n) is 14.2. The number of ether oxygens (including phenoxy) is 2. The minimum atomic E-state index is -0.932. The maximum Gasteiger partial charge on any atom is 0.513 e. The summed E-state index contributed by atoms with van der Waals surface area (Å²) in [5, 5.41) is 19.3. The molecular weight excluding hydrogens is 325 g/mol. The lowest BCUT2D eigenvalue weighted by Gasteiger charge is -2.15. The zero-order chi connectivity index (χ0) is 18.6. The van der Waals surface area contributed by atoms with E-state index in [1.54, 1.807) is 19.1 Å². The maximum absolute atomic E-state index is 14.7. The smallest absolute Gasteiger partial charge is 0.505 e. The van der Waals surface area contributed by atoms with Gasteiger partial charge in [-0.05, 0) is 49.6 Å². The first-order valence-electron chi connectivity index (χ1n) is 7.82. The summed E-state index contributed by atoms with van der Waals surface area (Å²) in [5.41, 5.74) is 1.23. The van der Waals surface area contributed by atoms with Crippen LogP contribution in [0, 0.1) is 24.1 Å². The molecule has 0 fully saturated rings. The molecule has 0 amide bonds. The molecule has 2 rings (SSSR count). The van der Waals surface area contributed by atoms with Crippen LogP contribution >= 0.6 is 0 Å². The summed E-state index contributed by atoms with van der Waals surface area (Å²) < 4.78 is 24.6. The molecule has 0 saturated carbocycles. The van der Waals surface area contributed by atoms with Crippen LogP contribution in [0.1, 0.15) is 30.5 Å². The van der Waals surface area contributed by atoms with Gasteiger partial charge in [-0.15, -0.1) is 0 Å². The van der Waals surface area contributed by atoms with Crippen molar-refractivity contribution in [2.75, 3.05) is 6.61 Å². The van der Waals surface area contributed by atoms with Gasteiger partial charge in [0.25, 0.3) is 0 Å². The highest BCUT2D eigenvalue weighted by Crippen LogP contribution is 2.39. The van der Waals surface area contributed by atoms with Gasteiger partial charge in [-0.3, -0.25) is 0 Å². The molecule has 0 aromatic heterocycles. The summed E-state index contributed by atoms with van der Waals surface area (Å²) in [6.45, 7) is 5.18. The van der Waals surface area contributed by atoms with Crippen molar-refractivity contribution >= 4 is 6.16 Å². The third-order valence-corrected chi connectivity index (χ3v) is 3.73. The number of phenols is 1.